The van der Waals surface area contributed by atoms with E-state index in [1.165, 1.54) is 4.90 Å². The number of rotatable bonds is 6. The van der Waals surface area contributed by atoms with E-state index in [-0.39, 0.29) is 43.8 Å². The Morgan fingerprint density at radius 2 is 1.86 bits per heavy atom. The summed E-state index contributed by atoms with van der Waals surface area (Å²) >= 11 is 0. The first-order valence-electron chi connectivity index (χ1n) is 9.07. The molecule has 0 aliphatic carbocycles. The van der Waals surface area contributed by atoms with E-state index in [2.05, 4.69) is 5.32 Å². The van der Waals surface area contributed by atoms with Crippen molar-refractivity contribution in [1.82, 2.24) is 4.90 Å². The van der Waals surface area contributed by atoms with Gasteiger partial charge in [-0.25, -0.2) is 0 Å². The van der Waals surface area contributed by atoms with Gasteiger partial charge in [0.1, 0.15) is 5.75 Å². The molecule has 1 aliphatic rings. The van der Waals surface area contributed by atoms with Crippen LogP contribution in [0.1, 0.15) is 12.0 Å². The van der Waals surface area contributed by atoms with Crippen molar-refractivity contribution in [3.05, 3.63) is 54.1 Å². The van der Waals surface area contributed by atoms with Gasteiger partial charge in [0.15, 0.2) is 6.61 Å². The van der Waals surface area contributed by atoms with Gasteiger partial charge in [-0.2, -0.15) is 0 Å². The third-order valence-electron chi connectivity index (χ3n) is 4.50. The molecule has 0 saturated heterocycles. The monoisotopic (exact) mass is 381 g/mol. The third-order valence-corrected chi connectivity index (χ3v) is 4.50. The van der Waals surface area contributed by atoms with Gasteiger partial charge in [-0.3, -0.25) is 14.4 Å². The van der Waals surface area contributed by atoms with Crippen LogP contribution in [0.4, 0.5) is 11.4 Å². The Kier molecular flexibility index (Phi) is 5.93. The quantitative estimate of drug-likeness (QED) is 0.832. The van der Waals surface area contributed by atoms with Gasteiger partial charge >= 0.3 is 0 Å². The topological polar surface area (TPSA) is 79.0 Å². The maximum atomic E-state index is 12.4. The zero-order valence-corrected chi connectivity index (χ0v) is 16.0. The summed E-state index contributed by atoms with van der Waals surface area (Å²) in [4.78, 5) is 39.6. The highest BCUT2D eigenvalue weighted by atomic mass is 16.5. The first-order chi connectivity index (χ1) is 13.4. The number of ether oxygens (including phenoxy) is 1. The smallest absolute Gasteiger partial charge is 0.265 e. The molecule has 2 aromatic rings. The van der Waals surface area contributed by atoms with Crippen molar-refractivity contribution in [3.8, 4) is 5.75 Å². The molecule has 0 fully saturated rings. The van der Waals surface area contributed by atoms with E-state index in [9.17, 15) is 14.4 Å². The minimum Gasteiger partial charge on any atom is -0.482 e. The van der Waals surface area contributed by atoms with E-state index < -0.39 is 0 Å². The third kappa shape index (κ3) is 4.68. The van der Waals surface area contributed by atoms with Crippen molar-refractivity contribution in [3.63, 3.8) is 0 Å². The first kappa shape index (κ1) is 19.4. The first-order valence-corrected chi connectivity index (χ1v) is 9.07. The number of nitrogens with one attached hydrogen (secondary N) is 1. The summed E-state index contributed by atoms with van der Waals surface area (Å²) < 4.78 is 5.40. The van der Waals surface area contributed by atoms with Crippen LogP contribution >= 0.6 is 0 Å². The van der Waals surface area contributed by atoms with Crippen molar-refractivity contribution >= 4 is 29.1 Å². The largest absolute Gasteiger partial charge is 0.482 e. The highest BCUT2D eigenvalue weighted by Gasteiger charge is 2.26. The Morgan fingerprint density at radius 1 is 1.14 bits per heavy atom. The van der Waals surface area contributed by atoms with Crippen LogP contribution in [0.25, 0.3) is 0 Å². The highest BCUT2D eigenvalue weighted by molar-refractivity contribution is 5.98. The molecule has 7 heteroatoms. The van der Waals surface area contributed by atoms with Gasteiger partial charge in [0.25, 0.3) is 5.91 Å². The number of hydrogen-bond acceptors (Lipinski definition) is 4. The lowest BCUT2D eigenvalue weighted by atomic mass is 10.2. The molecule has 1 aliphatic heterocycles. The molecule has 1 N–H and O–H groups in total. The zero-order valence-electron chi connectivity index (χ0n) is 16.0. The Morgan fingerprint density at radius 3 is 2.61 bits per heavy atom. The zero-order chi connectivity index (χ0) is 20.1. The molecule has 0 bridgehead atoms. The Balaban J connectivity index is 1.52. The summed E-state index contributed by atoms with van der Waals surface area (Å²) in [6, 6.07) is 14.7. The second kappa shape index (κ2) is 8.56. The van der Waals surface area contributed by atoms with Crippen molar-refractivity contribution in [1.29, 1.82) is 0 Å². The number of hydrogen-bond donors (Lipinski definition) is 1. The summed E-state index contributed by atoms with van der Waals surface area (Å²) in [5, 5.41) is 2.77. The van der Waals surface area contributed by atoms with Crippen molar-refractivity contribution in [2.75, 3.05) is 37.0 Å². The lowest BCUT2D eigenvalue weighted by Crippen LogP contribution is -2.42. The molecule has 0 atom stereocenters. The Labute approximate surface area is 163 Å². The van der Waals surface area contributed by atoms with Gasteiger partial charge in [-0.1, -0.05) is 29.8 Å². The van der Waals surface area contributed by atoms with Crippen LogP contribution < -0.4 is 15.0 Å². The Hall–Kier alpha value is -3.35. The predicted molar refractivity (Wildman–Crippen MR) is 106 cm³/mol. The predicted octanol–water partition coefficient (Wildman–Crippen LogP) is 2.21. The SMILES string of the molecule is Cc1ccc(NC(=O)CN(C)C(=O)CCN2C(=O)COc3ccccc32)cc1. The molecule has 146 valence electrons. The molecular weight excluding hydrogens is 358 g/mol. The number of nitrogens with zero attached hydrogens (tertiary/aromatic N) is 2. The van der Waals surface area contributed by atoms with Crippen molar-refractivity contribution in [2.45, 2.75) is 13.3 Å². The molecular formula is C21H23N3O4. The molecule has 7 nitrogen and oxygen atoms in total. The fourth-order valence-corrected chi connectivity index (χ4v) is 2.94. The normalized spacial score (nSPS) is 12.8. The molecule has 3 rings (SSSR count). The van der Waals surface area contributed by atoms with Crippen molar-refractivity contribution in [2.24, 2.45) is 0 Å². The van der Waals surface area contributed by atoms with Crippen LogP contribution in [0.15, 0.2) is 48.5 Å². The second-order valence-corrected chi connectivity index (χ2v) is 6.72. The van der Waals surface area contributed by atoms with E-state index in [1.54, 1.807) is 24.1 Å². The summed E-state index contributed by atoms with van der Waals surface area (Å²) in [5.74, 6) is -0.0463. The van der Waals surface area contributed by atoms with Gasteiger partial charge < -0.3 is 19.9 Å². The maximum absolute atomic E-state index is 12.4. The molecule has 2 aromatic carbocycles. The van der Waals surface area contributed by atoms with Crippen LogP contribution in [-0.4, -0.2) is 49.4 Å². The standard InChI is InChI=1S/C21H23N3O4/c1-15-7-9-16(10-8-15)22-19(25)13-23(2)20(26)11-12-24-17-5-3-4-6-18(17)28-14-21(24)27/h3-10H,11-14H2,1-2H3,(H,22,25). The molecule has 0 spiro atoms. The molecule has 0 saturated carbocycles. The highest BCUT2D eigenvalue weighted by Crippen LogP contribution is 2.31. The van der Waals surface area contributed by atoms with Crippen LogP contribution in [-0.2, 0) is 14.4 Å². The van der Waals surface area contributed by atoms with Gasteiger partial charge in [0.2, 0.25) is 11.8 Å². The average Bonchev–Trinajstić information content (AvgIpc) is 2.68. The van der Waals surface area contributed by atoms with Gasteiger partial charge in [-0.15, -0.1) is 0 Å². The van der Waals surface area contributed by atoms with E-state index in [4.69, 9.17) is 4.74 Å². The number of likely N-dealkylation sites (N-methyl/N-ethyl adjacent to an activating group) is 1. The van der Waals surface area contributed by atoms with Crippen LogP contribution in [0.2, 0.25) is 0 Å². The molecule has 1 heterocycles. The van der Waals surface area contributed by atoms with Crippen molar-refractivity contribution < 1.29 is 19.1 Å². The minimum absolute atomic E-state index is 0.0417. The van der Waals surface area contributed by atoms with E-state index in [1.807, 2.05) is 43.3 Å². The molecule has 0 aromatic heterocycles. The number of para-hydroxylation sites is 2. The second-order valence-electron chi connectivity index (χ2n) is 6.72. The van der Waals surface area contributed by atoms with E-state index >= 15 is 0 Å². The summed E-state index contributed by atoms with van der Waals surface area (Å²) in [6.07, 6.45) is 0.119. The number of carbonyl (C=O) groups is 3. The average molecular weight is 381 g/mol. The van der Waals surface area contributed by atoms with Gasteiger partial charge in [0.05, 0.1) is 12.2 Å². The van der Waals surface area contributed by atoms with E-state index in [0.717, 1.165) is 5.56 Å². The lowest BCUT2D eigenvalue weighted by molar-refractivity contribution is -0.133. The van der Waals surface area contributed by atoms with Crippen LogP contribution in [0.3, 0.4) is 0 Å². The number of fused-ring (bicyclic) bond motifs is 1. The van der Waals surface area contributed by atoms with Crippen LogP contribution in [0, 0.1) is 6.92 Å². The van der Waals surface area contributed by atoms with E-state index in [0.29, 0.717) is 17.1 Å². The minimum atomic E-state index is -0.271. The van der Waals surface area contributed by atoms with Gasteiger partial charge in [0, 0.05) is 25.7 Å². The summed E-state index contributed by atoms with van der Waals surface area (Å²) in [6.45, 7) is 2.11. The number of carbonyl (C=O) groups excluding carboxylic acids is 3. The molecule has 28 heavy (non-hydrogen) atoms. The fourth-order valence-electron chi connectivity index (χ4n) is 2.94. The number of benzene rings is 2. The maximum Gasteiger partial charge on any atom is 0.265 e. The molecule has 0 radical (unpaired) electrons. The lowest BCUT2D eigenvalue weighted by Gasteiger charge is -2.29. The molecule has 0 unspecified atom stereocenters. The number of anilines is 2. The van der Waals surface area contributed by atoms with Crippen LogP contribution in [0.5, 0.6) is 5.75 Å². The summed E-state index contributed by atoms with van der Waals surface area (Å²) in [5.41, 5.74) is 2.45. The number of amides is 3. The summed E-state index contributed by atoms with van der Waals surface area (Å²) in [7, 11) is 1.58. The molecule has 3 amide bonds. The van der Waals surface area contributed by atoms with Gasteiger partial charge in [-0.05, 0) is 31.2 Å². The Bertz CT molecular complexity index is 879. The fraction of sp³-hybridized carbons (Fsp3) is 0.286. The number of aryl methyl sites for hydroxylation is 1.